The van der Waals surface area contributed by atoms with E-state index in [2.05, 4.69) is 5.48 Å². The topological polar surface area (TPSA) is 58.6 Å². The van der Waals surface area contributed by atoms with E-state index >= 15 is 0 Å². The Kier molecular flexibility index (Phi) is 1.20. The second-order valence-electron chi connectivity index (χ2n) is 2.93. The third kappa shape index (κ3) is 0.826. The van der Waals surface area contributed by atoms with Gasteiger partial charge in [-0.05, 0) is 18.9 Å². The number of hydrogen-bond donors (Lipinski definition) is 2. The van der Waals surface area contributed by atoms with Crippen molar-refractivity contribution < 1.29 is 14.7 Å². The average Bonchev–Trinajstić information content (AvgIpc) is 2.69. The summed E-state index contributed by atoms with van der Waals surface area (Å²) >= 11 is 0. The Morgan fingerprint density at radius 1 is 1.73 bits per heavy atom. The SMILES string of the molecule is O=C(O)C1(C2CC2)C=CNO1. The Labute approximate surface area is 63.8 Å². The monoisotopic (exact) mass is 155 g/mol. The summed E-state index contributed by atoms with van der Waals surface area (Å²) in [7, 11) is 0. The number of carbonyl (C=O) groups is 1. The first-order valence-electron chi connectivity index (χ1n) is 3.60. The van der Waals surface area contributed by atoms with Crippen molar-refractivity contribution in [1.29, 1.82) is 0 Å². The Hall–Kier alpha value is -1.03. The Bertz CT molecular complexity index is 222. The average molecular weight is 155 g/mol. The molecular formula is C7H9NO3. The van der Waals surface area contributed by atoms with Crippen LogP contribution in [0.5, 0.6) is 0 Å². The van der Waals surface area contributed by atoms with Crippen molar-refractivity contribution in [3.63, 3.8) is 0 Å². The van der Waals surface area contributed by atoms with Gasteiger partial charge in [-0.15, -0.1) is 0 Å². The number of aliphatic carboxylic acids is 1. The first-order chi connectivity index (χ1) is 5.26. The maximum absolute atomic E-state index is 10.8. The van der Waals surface area contributed by atoms with Gasteiger partial charge in [-0.25, -0.2) is 4.79 Å². The fourth-order valence-corrected chi connectivity index (χ4v) is 1.34. The highest BCUT2D eigenvalue weighted by atomic mass is 16.7. The maximum Gasteiger partial charge on any atom is 0.343 e. The normalized spacial score (nSPS) is 35.3. The zero-order valence-electron chi connectivity index (χ0n) is 5.91. The van der Waals surface area contributed by atoms with Crippen LogP contribution >= 0.6 is 0 Å². The van der Waals surface area contributed by atoms with Crippen LogP contribution in [0, 0.1) is 5.92 Å². The Balaban J connectivity index is 2.25. The van der Waals surface area contributed by atoms with Crippen LogP contribution in [0.15, 0.2) is 12.3 Å². The summed E-state index contributed by atoms with van der Waals surface area (Å²) in [6.07, 6.45) is 5.00. The van der Waals surface area contributed by atoms with Crippen LogP contribution in [0.4, 0.5) is 0 Å². The van der Waals surface area contributed by atoms with Crippen molar-refractivity contribution in [2.24, 2.45) is 5.92 Å². The van der Waals surface area contributed by atoms with Crippen molar-refractivity contribution in [3.8, 4) is 0 Å². The molecule has 0 bridgehead atoms. The molecule has 4 nitrogen and oxygen atoms in total. The molecule has 0 amide bonds. The summed E-state index contributed by atoms with van der Waals surface area (Å²) in [5, 5.41) is 8.86. The van der Waals surface area contributed by atoms with Crippen LogP contribution in [0.1, 0.15) is 12.8 Å². The number of carboxylic acids is 1. The Morgan fingerprint density at radius 2 is 2.45 bits per heavy atom. The summed E-state index contributed by atoms with van der Waals surface area (Å²) in [5.41, 5.74) is 1.39. The quantitative estimate of drug-likeness (QED) is 0.600. The minimum Gasteiger partial charge on any atom is -0.479 e. The van der Waals surface area contributed by atoms with Gasteiger partial charge in [0.2, 0.25) is 5.60 Å². The largest absolute Gasteiger partial charge is 0.479 e. The van der Waals surface area contributed by atoms with E-state index in [1.807, 2.05) is 0 Å². The first kappa shape index (κ1) is 6.67. The highest BCUT2D eigenvalue weighted by molar-refractivity contribution is 5.81. The molecule has 2 N–H and O–H groups in total. The molecule has 1 heterocycles. The molecule has 1 fully saturated rings. The van der Waals surface area contributed by atoms with Gasteiger partial charge in [-0.3, -0.25) is 10.3 Å². The van der Waals surface area contributed by atoms with Gasteiger partial charge in [-0.1, -0.05) is 0 Å². The van der Waals surface area contributed by atoms with Crippen molar-refractivity contribution in [1.82, 2.24) is 5.48 Å². The van der Waals surface area contributed by atoms with Crippen molar-refractivity contribution in [2.45, 2.75) is 18.4 Å². The molecule has 1 saturated carbocycles. The molecule has 1 unspecified atom stereocenters. The minimum atomic E-state index is -1.07. The van der Waals surface area contributed by atoms with Crippen molar-refractivity contribution in [2.75, 3.05) is 0 Å². The molecule has 1 aliphatic heterocycles. The lowest BCUT2D eigenvalue weighted by atomic mass is 9.99. The van der Waals surface area contributed by atoms with E-state index in [9.17, 15) is 4.79 Å². The fraction of sp³-hybridized carbons (Fsp3) is 0.571. The molecule has 0 aromatic carbocycles. The molecule has 11 heavy (non-hydrogen) atoms. The number of carboxylic acid groups (broad SMARTS) is 1. The maximum atomic E-state index is 10.8. The third-order valence-corrected chi connectivity index (χ3v) is 2.14. The van der Waals surface area contributed by atoms with Gasteiger partial charge in [0, 0.05) is 12.1 Å². The summed E-state index contributed by atoms with van der Waals surface area (Å²) in [5.74, 6) is -0.743. The predicted octanol–water partition coefficient (Wildman–Crippen LogP) is 0.268. The van der Waals surface area contributed by atoms with Gasteiger partial charge < -0.3 is 5.11 Å². The van der Waals surface area contributed by atoms with Gasteiger partial charge in [-0.2, -0.15) is 0 Å². The zero-order valence-corrected chi connectivity index (χ0v) is 5.91. The van der Waals surface area contributed by atoms with Crippen molar-refractivity contribution in [3.05, 3.63) is 12.3 Å². The van der Waals surface area contributed by atoms with E-state index in [0.29, 0.717) is 0 Å². The van der Waals surface area contributed by atoms with E-state index in [-0.39, 0.29) is 5.92 Å². The van der Waals surface area contributed by atoms with Crippen LogP contribution in [0.2, 0.25) is 0 Å². The lowest BCUT2D eigenvalue weighted by molar-refractivity contribution is -0.165. The number of rotatable bonds is 2. The first-order valence-corrected chi connectivity index (χ1v) is 3.60. The summed E-state index contributed by atoms with van der Waals surface area (Å²) in [6, 6.07) is 0. The van der Waals surface area contributed by atoms with E-state index in [1.54, 1.807) is 6.08 Å². The highest BCUT2D eigenvalue weighted by Crippen LogP contribution is 2.43. The second kappa shape index (κ2) is 1.98. The number of nitrogens with one attached hydrogen (secondary N) is 1. The van der Waals surface area contributed by atoms with Gasteiger partial charge >= 0.3 is 5.97 Å². The molecule has 0 saturated heterocycles. The zero-order chi connectivity index (χ0) is 7.90. The molecule has 0 spiro atoms. The third-order valence-electron chi connectivity index (χ3n) is 2.14. The van der Waals surface area contributed by atoms with E-state index in [0.717, 1.165) is 12.8 Å². The molecule has 2 rings (SSSR count). The predicted molar refractivity (Wildman–Crippen MR) is 36.5 cm³/mol. The molecule has 0 aromatic rings. The van der Waals surface area contributed by atoms with Crippen LogP contribution < -0.4 is 5.48 Å². The smallest absolute Gasteiger partial charge is 0.343 e. The van der Waals surface area contributed by atoms with Crippen molar-refractivity contribution >= 4 is 5.97 Å². The Morgan fingerprint density at radius 3 is 2.82 bits per heavy atom. The summed E-state index contributed by atoms with van der Waals surface area (Å²) in [6.45, 7) is 0. The van der Waals surface area contributed by atoms with E-state index in [4.69, 9.17) is 9.94 Å². The lowest BCUT2D eigenvalue weighted by Crippen LogP contribution is -2.41. The lowest BCUT2D eigenvalue weighted by Gasteiger charge is -2.19. The van der Waals surface area contributed by atoms with Crippen LogP contribution in [0.25, 0.3) is 0 Å². The molecule has 60 valence electrons. The second-order valence-corrected chi connectivity index (χ2v) is 2.93. The molecule has 2 aliphatic rings. The fourth-order valence-electron chi connectivity index (χ4n) is 1.34. The van der Waals surface area contributed by atoms with Crippen LogP contribution in [-0.2, 0) is 9.63 Å². The highest BCUT2D eigenvalue weighted by Gasteiger charge is 2.53. The molecule has 1 aliphatic carbocycles. The molecular weight excluding hydrogens is 146 g/mol. The minimum absolute atomic E-state index is 0.159. The van der Waals surface area contributed by atoms with Crippen LogP contribution in [-0.4, -0.2) is 16.7 Å². The molecule has 4 heteroatoms. The van der Waals surface area contributed by atoms with Gasteiger partial charge in [0.1, 0.15) is 0 Å². The molecule has 0 radical (unpaired) electrons. The van der Waals surface area contributed by atoms with E-state index in [1.165, 1.54) is 6.20 Å². The van der Waals surface area contributed by atoms with Gasteiger partial charge in [0.25, 0.3) is 0 Å². The summed E-state index contributed by atoms with van der Waals surface area (Å²) < 4.78 is 0. The van der Waals surface area contributed by atoms with Gasteiger partial charge in [0.15, 0.2) is 0 Å². The standard InChI is InChI=1S/C7H9NO3/c9-6(10)7(5-1-2-5)3-4-8-11-7/h3-5,8H,1-2H2,(H,9,10). The van der Waals surface area contributed by atoms with Gasteiger partial charge in [0.05, 0.1) is 0 Å². The number of hydroxylamine groups is 1. The van der Waals surface area contributed by atoms with E-state index < -0.39 is 11.6 Å². The summed E-state index contributed by atoms with van der Waals surface area (Å²) in [4.78, 5) is 15.8. The molecule has 1 atom stereocenters. The molecule has 0 aromatic heterocycles. The number of hydrogen-bond acceptors (Lipinski definition) is 3. The van der Waals surface area contributed by atoms with Crippen LogP contribution in [0.3, 0.4) is 0 Å².